The Kier molecular flexibility index (Phi) is 5.72. The molecule has 2 N–H and O–H groups in total. The predicted octanol–water partition coefficient (Wildman–Crippen LogP) is 3.79. The van der Waals surface area contributed by atoms with Gasteiger partial charge in [0, 0.05) is 22.7 Å². The van der Waals surface area contributed by atoms with Gasteiger partial charge in [-0.2, -0.15) is 0 Å². The first-order chi connectivity index (χ1) is 11.4. The van der Waals surface area contributed by atoms with Crippen LogP contribution in [-0.2, 0) is 0 Å². The fourth-order valence-corrected chi connectivity index (χ4v) is 2.95. The Bertz CT molecular complexity index is 793. The summed E-state index contributed by atoms with van der Waals surface area (Å²) in [4.78, 5) is 21.7. The zero-order chi connectivity index (χ0) is 17.7. The zero-order valence-electron chi connectivity index (χ0n) is 12.4. The molecule has 0 atom stereocenters. The second-order valence-electron chi connectivity index (χ2n) is 4.49. The van der Waals surface area contributed by atoms with Crippen LogP contribution in [0.5, 0.6) is 5.75 Å². The smallest absolute Gasteiger partial charge is 0.337 e. The third kappa shape index (κ3) is 4.43. The normalized spacial score (nSPS) is 10.0. The zero-order valence-corrected chi connectivity index (χ0v) is 14.0. The van der Waals surface area contributed by atoms with E-state index in [0.717, 1.165) is 17.8 Å². The number of nitrogens with zero attached hydrogens (tertiary/aromatic N) is 1. The molecule has 0 saturated carbocycles. The lowest BCUT2D eigenvalue weighted by molar-refractivity contribution is -0.384. The van der Waals surface area contributed by atoms with Crippen molar-refractivity contribution in [3.63, 3.8) is 0 Å². The van der Waals surface area contributed by atoms with E-state index < -0.39 is 10.9 Å². The molecule has 2 aromatic rings. The number of hydrogen-bond donors (Lipinski definition) is 2. The Labute approximate surface area is 146 Å². The second-order valence-corrected chi connectivity index (χ2v) is 6.20. The van der Waals surface area contributed by atoms with E-state index in [1.54, 1.807) is 31.4 Å². The van der Waals surface area contributed by atoms with Gasteiger partial charge in [0.1, 0.15) is 10.1 Å². The number of non-ortho nitro benzene ring substituents is 1. The van der Waals surface area contributed by atoms with Gasteiger partial charge in [-0.1, -0.05) is 24.0 Å². The molecule has 0 aliphatic rings. The Morgan fingerprint density at radius 3 is 2.50 bits per heavy atom. The van der Waals surface area contributed by atoms with Crippen molar-refractivity contribution in [1.82, 2.24) is 0 Å². The van der Waals surface area contributed by atoms with Gasteiger partial charge in [0.25, 0.3) is 5.69 Å². The summed E-state index contributed by atoms with van der Waals surface area (Å²) >= 11 is 6.21. The lowest BCUT2D eigenvalue weighted by atomic mass is 10.2. The van der Waals surface area contributed by atoms with Crippen LogP contribution in [0.25, 0.3) is 0 Å². The van der Waals surface area contributed by atoms with Crippen molar-refractivity contribution < 1.29 is 19.6 Å². The number of benzene rings is 2. The van der Waals surface area contributed by atoms with E-state index in [9.17, 15) is 20.0 Å². The average Bonchev–Trinajstić information content (AvgIpc) is 2.55. The van der Waals surface area contributed by atoms with Gasteiger partial charge in [0.15, 0.2) is 0 Å². The van der Waals surface area contributed by atoms with Crippen LogP contribution in [0.3, 0.4) is 0 Å². The van der Waals surface area contributed by atoms with E-state index in [1.807, 2.05) is 0 Å². The second kappa shape index (κ2) is 7.75. The minimum atomic E-state index is -1.26. The molecule has 0 unspecified atom stereocenters. The highest BCUT2D eigenvalue weighted by molar-refractivity contribution is 8.23. The quantitative estimate of drug-likeness (QED) is 0.358. The number of carbonyl (C=O) groups is 1. The van der Waals surface area contributed by atoms with Crippen LogP contribution in [0.2, 0.25) is 0 Å². The highest BCUT2D eigenvalue weighted by Crippen LogP contribution is 2.28. The molecule has 24 heavy (non-hydrogen) atoms. The number of nitro benzene ring substituents is 1. The summed E-state index contributed by atoms with van der Waals surface area (Å²) in [6, 6.07) is 10.7. The van der Waals surface area contributed by atoms with Crippen molar-refractivity contribution >= 4 is 45.6 Å². The summed E-state index contributed by atoms with van der Waals surface area (Å²) in [5, 5.41) is 22.9. The molecule has 0 amide bonds. The van der Waals surface area contributed by atoms with Crippen molar-refractivity contribution in [3.05, 3.63) is 58.1 Å². The highest BCUT2D eigenvalue weighted by Gasteiger charge is 2.17. The first-order valence-electron chi connectivity index (χ1n) is 6.55. The molecular weight excluding hydrogens is 352 g/mol. The van der Waals surface area contributed by atoms with Gasteiger partial charge in [-0.3, -0.25) is 10.1 Å². The molecule has 0 fully saturated rings. The van der Waals surface area contributed by atoms with Crippen molar-refractivity contribution in [3.8, 4) is 5.75 Å². The molecule has 2 rings (SSSR count). The fourth-order valence-electron chi connectivity index (χ4n) is 1.81. The monoisotopic (exact) mass is 364 g/mol. The summed E-state index contributed by atoms with van der Waals surface area (Å²) in [6.45, 7) is 0. The van der Waals surface area contributed by atoms with Gasteiger partial charge in [0.05, 0.1) is 17.6 Å². The highest BCUT2D eigenvalue weighted by atomic mass is 32.2. The Hall–Kier alpha value is -2.65. The number of anilines is 1. The molecule has 0 saturated heterocycles. The van der Waals surface area contributed by atoms with Crippen LogP contribution in [0, 0.1) is 10.1 Å². The number of carboxylic acid groups (broad SMARTS) is 1. The molecule has 0 aliphatic heterocycles. The number of thiocarbonyl (C=S) groups is 1. The van der Waals surface area contributed by atoms with E-state index in [0.29, 0.717) is 20.7 Å². The summed E-state index contributed by atoms with van der Waals surface area (Å²) in [5.74, 6) is -0.559. The van der Waals surface area contributed by atoms with Crippen LogP contribution in [0.4, 0.5) is 11.4 Å². The van der Waals surface area contributed by atoms with Crippen molar-refractivity contribution in [2.45, 2.75) is 4.90 Å². The minimum absolute atomic E-state index is 0.173. The molecule has 0 heterocycles. The molecular formula is C15H12N2O5S2. The number of carboxylic acids is 1. The molecule has 9 heteroatoms. The standard InChI is InChI=1S/C15H12N2O5S2/c1-22-11-5-2-9(3-6-11)16-15(23)24-13-7-4-10(17(20)21)8-12(13)14(18)19/h2-8H,1H3,(H,16,23)(H,18,19). The first kappa shape index (κ1) is 17.7. The number of methoxy groups -OCH3 is 1. The lowest BCUT2D eigenvalue weighted by Gasteiger charge is -2.10. The van der Waals surface area contributed by atoms with Crippen LogP contribution in [0.1, 0.15) is 10.4 Å². The molecule has 7 nitrogen and oxygen atoms in total. The first-order valence-corrected chi connectivity index (χ1v) is 7.78. The maximum absolute atomic E-state index is 11.3. The summed E-state index contributed by atoms with van der Waals surface area (Å²) in [6.07, 6.45) is 0. The maximum atomic E-state index is 11.3. The molecule has 0 radical (unpaired) electrons. The van der Waals surface area contributed by atoms with Gasteiger partial charge in [0.2, 0.25) is 0 Å². The van der Waals surface area contributed by atoms with Crippen LogP contribution in [-0.4, -0.2) is 27.4 Å². The SMILES string of the molecule is COc1ccc(NC(=S)Sc2ccc([N+](=O)[O-])cc2C(=O)O)cc1. The fraction of sp³-hybridized carbons (Fsp3) is 0.0667. The molecule has 0 bridgehead atoms. The Morgan fingerprint density at radius 2 is 1.96 bits per heavy atom. The van der Waals surface area contributed by atoms with Crippen molar-refractivity contribution in [1.29, 1.82) is 0 Å². The molecule has 0 aromatic heterocycles. The number of thioether (sulfide) groups is 1. The summed E-state index contributed by atoms with van der Waals surface area (Å²) < 4.78 is 5.37. The number of hydrogen-bond acceptors (Lipinski definition) is 6. The topological polar surface area (TPSA) is 102 Å². The third-order valence-electron chi connectivity index (χ3n) is 2.94. The van der Waals surface area contributed by atoms with Gasteiger partial charge < -0.3 is 15.2 Å². The molecule has 124 valence electrons. The van der Waals surface area contributed by atoms with Crippen LogP contribution < -0.4 is 10.1 Å². The maximum Gasteiger partial charge on any atom is 0.337 e. The average molecular weight is 364 g/mol. The van der Waals surface area contributed by atoms with Crippen LogP contribution >= 0.6 is 24.0 Å². The Morgan fingerprint density at radius 1 is 1.29 bits per heavy atom. The number of aromatic carboxylic acids is 1. The summed E-state index contributed by atoms with van der Waals surface area (Å²) in [7, 11) is 1.56. The summed E-state index contributed by atoms with van der Waals surface area (Å²) in [5.41, 5.74) is 0.256. The van der Waals surface area contributed by atoms with E-state index in [2.05, 4.69) is 5.32 Å². The number of ether oxygens (including phenoxy) is 1. The third-order valence-corrected chi connectivity index (χ3v) is 4.16. The van der Waals surface area contributed by atoms with Crippen molar-refractivity contribution in [2.75, 3.05) is 12.4 Å². The van der Waals surface area contributed by atoms with Gasteiger partial charge in [-0.25, -0.2) is 4.79 Å². The molecule has 0 aliphatic carbocycles. The molecule has 0 spiro atoms. The predicted molar refractivity (Wildman–Crippen MR) is 95.1 cm³/mol. The van der Waals surface area contributed by atoms with Crippen LogP contribution in [0.15, 0.2) is 47.4 Å². The van der Waals surface area contributed by atoms with Crippen molar-refractivity contribution in [2.24, 2.45) is 0 Å². The van der Waals surface area contributed by atoms with Gasteiger partial charge in [-0.15, -0.1) is 0 Å². The van der Waals surface area contributed by atoms with E-state index in [1.165, 1.54) is 12.1 Å². The van der Waals surface area contributed by atoms with E-state index >= 15 is 0 Å². The van der Waals surface area contributed by atoms with Gasteiger partial charge in [-0.05, 0) is 30.3 Å². The largest absolute Gasteiger partial charge is 0.497 e. The Balaban J connectivity index is 2.15. The van der Waals surface area contributed by atoms with Gasteiger partial charge >= 0.3 is 5.97 Å². The lowest BCUT2D eigenvalue weighted by Crippen LogP contribution is -2.07. The molecule has 2 aromatic carbocycles. The number of nitro groups is 1. The number of nitrogens with one attached hydrogen (secondary N) is 1. The number of rotatable bonds is 5. The van der Waals surface area contributed by atoms with E-state index in [4.69, 9.17) is 17.0 Å². The minimum Gasteiger partial charge on any atom is -0.497 e. The van der Waals surface area contributed by atoms with E-state index in [-0.39, 0.29) is 11.3 Å².